The maximum Gasteiger partial charge on any atom is 0.319 e. The predicted molar refractivity (Wildman–Crippen MR) is 97.3 cm³/mol. The van der Waals surface area contributed by atoms with Crippen molar-refractivity contribution in [3.05, 3.63) is 57.6 Å². The minimum atomic E-state index is -0.252. The van der Waals surface area contributed by atoms with Gasteiger partial charge < -0.3 is 15.4 Å². The van der Waals surface area contributed by atoms with Crippen LogP contribution < -0.4 is 15.4 Å². The Morgan fingerprint density at radius 2 is 1.78 bits per heavy atom. The molecule has 0 aliphatic rings. The Balaban J connectivity index is 1.78. The monoisotopic (exact) mass is 376 g/mol. The molecule has 0 radical (unpaired) electrons. The third-order valence-electron chi connectivity index (χ3n) is 3.56. The molecule has 2 amide bonds. The summed E-state index contributed by atoms with van der Waals surface area (Å²) in [6, 6.07) is 11.4. The molecule has 0 unspecified atom stereocenters. The molecule has 0 heterocycles. The molecule has 2 aromatic rings. The molecule has 23 heavy (non-hydrogen) atoms. The second-order valence-corrected chi connectivity index (χ2v) is 6.27. The number of benzene rings is 2. The first-order valence-electron chi connectivity index (χ1n) is 7.47. The van der Waals surface area contributed by atoms with E-state index in [1.807, 2.05) is 37.3 Å². The lowest BCUT2D eigenvalue weighted by Crippen LogP contribution is -2.32. The number of amides is 2. The summed E-state index contributed by atoms with van der Waals surface area (Å²) in [5, 5.41) is 5.56. The standard InChI is InChI=1S/C18H21BrN2O2/c1-12-10-14(3)17(11-13(12)2)23-9-8-20-18(22)21-16-7-5-4-6-15(16)19/h4-7,10-11H,8-9H2,1-3H3,(H2,20,21,22). The molecule has 122 valence electrons. The van der Waals surface area contributed by atoms with Crippen LogP contribution in [0.15, 0.2) is 40.9 Å². The van der Waals surface area contributed by atoms with Gasteiger partial charge in [0.05, 0.1) is 12.2 Å². The molecule has 0 aromatic heterocycles. The van der Waals surface area contributed by atoms with E-state index in [-0.39, 0.29) is 6.03 Å². The van der Waals surface area contributed by atoms with Gasteiger partial charge in [-0.05, 0) is 71.6 Å². The molecule has 2 N–H and O–H groups in total. The van der Waals surface area contributed by atoms with Crippen molar-refractivity contribution >= 4 is 27.6 Å². The average Bonchev–Trinajstić information content (AvgIpc) is 2.51. The van der Waals surface area contributed by atoms with E-state index >= 15 is 0 Å². The quantitative estimate of drug-likeness (QED) is 0.750. The summed E-state index contributed by atoms with van der Waals surface area (Å²) in [5.41, 5.74) is 4.28. The van der Waals surface area contributed by atoms with E-state index in [1.165, 1.54) is 11.1 Å². The molecular formula is C18H21BrN2O2. The number of para-hydroxylation sites is 1. The molecule has 0 spiro atoms. The van der Waals surface area contributed by atoms with Crippen LogP contribution in [0.3, 0.4) is 0 Å². The normalized spacial score (nSPS) is 10.3. The van der Waals surface area contributed by atoms with Crippen LogP contribution in [0.25, 0.3) is 0 Å². The van der Waals surface area contributed by atoms with Crippen LogP contribution >= 0.6 is 15.9 Å². The molecule has 0 aliphatic heterocycles. The fourth-order valence-electron chi connectivity index (χ4n) is 2.14. The van der Waals surface area contributed by atoms with Crippen LogP contribution in [-0.2, 0) is 0 Å². The van der Waals surface area contributed by atoms with Crippen molar-refractivity contribution in [3.63, 3.8) is 0 Å². The fraction of sp³-hybridized carbons (Fsp3) is 0.278. The highest BCUT2D eigenvalue weighted by atomic mass is 79.9. The average molecular weight is 377 g/mol. The summed E-state index contributed by atoms with van der Waals surface area (Å²) in [4.78, 5) is 11.8. The van der Waals surface area contributed by atoms with Gasteiger partial charge in [-0.2, -0.15) is 0 Å². The number of urea groups is 1. The minimum Gasteiger partial charge on any atom is -0.491 e. The number of aryl methyl sites for hydroxylation is 3. The fourth-order valence-corrected chi connectivity index (χ4v) is 2.53. The summed E-state index contributed by atoms with van der Waals surface area (Å²) in [5.74, 6) is 0.862. The van der Waals surface area contributed by atoms with Crippen LogP contribution in [0.2, 0.25) is 0 Å². The Bertz CT molecular complexity index is 701. The first-order valence-corrected chi connectivity index (χ1v) is 8.26. The molecule has 5 heteroatoms. The van der Waals surface area contributed by atoms with Crippen LogP contribution in [0.4, 0.5) is 10.5 Å². The smallest absolute Gasteiger partial charge is 0.319 e. The van der Waals surface area contributed by atoms with Gasteiger partial charge in [0.2, 0.25) is 0 Å². The van der Waals surface area contributed by atoms with E-state index in [2.05, 4.69) is 46.5 Å². The van der Waals surface area contributed by atoms with Gasteiger partial charge in [0.15, 0.2) is 0 Å². The second-order valence-electron chi connectivity index (χ2n) is 5.41. The van der Waals surface area contributed by atoms with Gasteiger partial charge in [-0.3, -0.25) is 0 Å². The number of hydrogen-bond donors (Lipinski definition) is 2. The zero-order valence-corrected chi connectivity index (χ0v) is 15.2. The summed E-state index contributed by atoms with van der Waals surface area (Å²) in [6.07, 6.45) is 0. The molecule has 0 saturated heterocycles. The third kappa shape index (κ3) is 4.99. The predicted octanol–water partition coefficient (Wildman–Crippen LogP) is 4.57. The topological polar surface area (TPSA) is 50.4 Å². The van der Waals surface area contributed by atoms with Crippen molar-refractivity contribution in [1.82, 2.24) is 5.32 Å². The summed E-state index contributed by atoms with van der Waals surface area (Å²) >= 11 is 3.39. The van der Waals surface area contributed by atoms with Gasteiger partial charge in [0.25, 0.3) is 0 Å². The van der Waals surface area contributed by atoms with Crippen molar-refractivity contribution in [1.29, 1.82) is 0 Å². The van der Waals surface area contributed by atoms with Crippen LogP contribution in [0.1, 0.15) is 16.7 Å². The van der Waals surface area contributed by atoms with Crippen molar-refractivity contribution in [2.24, 2.45) is 0 Å². The molecule has 4 nitrogen and oxygen atoms in total. The number of nitrogens with one attached hydrogen (secondary N) is 2. The summed E-state index contributed by atoms with van der Waals surface area (Å²) in [6.45, 7) is 7.02. The van der Waals surface area contributed by atoms with Crippen LogP contribution in [0, 0.1) is 20.8 Å². The Labute approximate surface area is 145 Å². The largest absolute Gasteiger partial charge is 0.491 e. The lowest BCUT2D eigenvalue weighted by atomic mass is 10.1. The Morgan fingerprint density at radius 3 is 2.52 bits per heavy atom. The van der Waals surface area contributed by atoms with E-state index in [4.69, 9.17) is 4.74 Å². The first kappa shape index (κ1) is 17.3. The number of carbonyl (C=O) groups is 1. The minimum absolute atomic E-state index is 0.252. The van der Waals surface area contributed by atoms with Crippen molar-refractivity contribution in [2.45, 2.75) is 20.8 Å². The highest BCUT2D eigenvalue weighted by molar-refractivity contribution is 9.10. The van der Waals surface area contributed by atoms with Gasteiger partial charge >= 0.3 is 6.03 Å². The van der Waals surface area contributed by atoms with Crippen LogP contribution in [-0.4, -0.2) is 19.2 Å². The summed E-state index contributed by atoms with van der Waals surface area (Å²) in [7, 11) is 0. The number of anilines is 1. The maximum atomic E-state index is 11.8. The Morgan fingerprint density at radius 1 is 1.09 bits per heavy atom. The number of ether oxygens (including phenoxy) is 1. The molecule has 0 aliphatic carbocycles. The highest BCUT2D eigenvalue weighted by Gasteiger charge is 2.05. The van der Waals surface area contributed by atoms with Crippen molar-refractivity contribution in [3.8, 4) is 5.75 Å². The number of hydrogen-bond acceptors (Lipinski definition) is 2. The Kier molecular flexibility index (Phi) is 6.04. The van der Waals surface area contributed by atoms with E-state index < -0.39 is 0 Å². The second kappa shape index (κ2) is 8.02. The van der Waals surface area contributed by atoms with E-state index in [9.17, 15) is 4.79 Å². The van der Waals surface area contributed by atoms with Gasteiger partial charge in [0, 0.05) is 4.47 Å². The molecule has 0 atom stereocenters. The maximum absolute atomic E-state index is 11.8. The number of halogens is 1. The number of rotatable bonds is 5. The summed E-state index contributed by atoms with van der Waals surface area (Å²) < 4.78 is 6.59. The van der Waals surface area contributed by atoms with E-state index in [0.29, 0.717) is 13.2 Å². The molecule has 0 saturated carbocycles. The van der Waals surface area contributed by atoms with Gasteiger partial charge in [-0.25, -0.2) is 4.79 Å². The zero-order chi connectivity index (χ0) is 16.8. The molecular weight excluding hydrogens is 356 g/mol. The third-order valence-corrected chi connectivity index (χ3v) is 4.25. The van der Waals surface area contributed by atoms with Crippen molar-refractivity contribution in [2.75, 3.05) is 18.5 Å². The Hall–Kier alpha value is -2.01. The van der Waals surface area contributed by atoms with Crippen LogP contribution in [0.5, 0.6) is 5.75 Å². The lowest BCUT2D eigenvalue weighted by molar-refractivity contribution is 0.247. The van der Waals surface area contributed by atoms with Gasteiger partial charge in [0.1, 0.15) is 12.4 Å². The molecule has 2 rings (SSSR count). The van der Waals surface area contributed by atoms with E-state index in [1.54, 1.807) is 0 Å². The highest BCUT2D eigenvalue weighted by Crippen LogP contribution is 2.22. The van der Waals surface area contributed by atoms with E-state index in [0.717, 1.165) is 21.5 Å². The first-order chi connectivity index (χ1) is 11.0. The SMILES string of the molecule is Cc1cc(C)c(OCCNC(=O)Nc2ccccc2Br)cc1C. The molecule has 2 aromatic carbocycles. The lowest BCUT2D eigenvalue weighted by Gasteiger charge is -2.13. The van der Waals surface area contributed by atoms with Crippen molar-refractivity contribution < 1.29 is 9.53 Å². The molecule has 0 fully saturated rings. The van der Waals surface area contributed by atoms with Gasteiger partial charge in [-0.1, -0.05) is 18.2 Å². The van der Waals surface area contributed by atoms with Gasteiger partial charge in [-0.15, -0.1) is 0 Å². The number of carbonyl (C=O) groups excluding carboxylic acids is 1. The zero-order valence-electron chi connectivity index (χ0n) is 13.6. The molecule has 0 bridgehead atoms.